The maximum Gasteiger partial charge on any atom is 0.303 e. The highest BCUT2D eigenvalue weighted by Crippen LogP contribution is 2.54. The van der Waals surface area contributed by atoms with E-state index in [4.69, 9.17) is 5.73 Å². The minimum atomic E-state index is -0.724. The maximum atomic E-state index is 11.3. The van der Waals surface area contributed by atoms with Gasteiger partial charge in [-0.15, -0.1) is 0 Å². The molecule has 1 aliphatic carbocycles. The van der Waals surface area contributed by atoms with Crippen LogP contribution < -0.4 is 5.73 Å². The monoisotopic (exact) mass is 303 g/mol. The molecular weight excluding hydrogens is 274 g/mol. The van der Waals surface area contributed by atoms with Gasteiger partial charge in [0.1, 0.15) is 0 Å². The van der Waals surface area contributed by atoms with Gasteiger partial charge in [-0.1, -0.05) is 51.1 Å². The van der Waals surface area contributed by atoms with Gasteiger partial charge in [0, 0.05) is 0 Å². The first-order chi connectivity index (χ1) is 10.3. The summed E-state index contributed by atoms with van der Waals surface area (Å²) < 4.78 is 0. The van der Waals surface area contributed by atoms with Gasteiger partial charge in [-0.05, 0) is 54.0 Å². The molecule has 3 heteroatoms. The Morgan fingerprint density at radius 3 is 2.41 bits per heavy atom. The molecule has 0 saturated heterocycles. The lowest BCUT2D eigenvalue weighted by atomic mass is 9.72. The Bertz CT molecular complexity index is 506. The zero-order valence-corrected chi connectivity index (χ0v) is 14.0. The molecule has 1 fully saturated rings. The fraction of sp³-hybridized carbons (Fsp3) is 0.632. The Labute approximate surface area is 133 Å². The lowest BCUT2D eigenvalue weighted by Crippen LogP contribution is -2.31. The van der Waals surface area contributed by atoms with Crippen molar-refractivity contribution in [3.05, 3.63) is 35.9 Å². The summed E-state index contributed by atoms with van der Waals surface area (Å²) in [5.41, 5.74) is 7.30. The molecule has 1 aliphatic rings. The van der Waals surface area contributed by atoms with E-state index in [0.29, 0.717) is 18.4 Å². The number of carbonyl (C=O) groups is 1. The third-order valence-corrected chi connectivity index (χ3v) is 5.33. The van der Waals surface area contributed by atoms with Gasteiger partial charge in [0.2, 0.25) is 0 Å². The molecule has 3 atom stereocenters. The van der Waals surface area contributed by atoms with Crippen LogP contribution in [0.5, 0.6) is 0 Å². The van der Waals surface area contributed by atoms with E-state index in [9.17, 15) is 9.90 Å². The number of aliphatic carboxylic acids is 1. The molecule has 22 heavy (non-hydrogen) atoms. The van der Waals surface area contributed by atoms with Crippen LogP contribution in [-0.4, -0.2) is 17.6 Å². The second-order valence-corrected chi connectivity index (χ2v) is 8.11. The van der Waals surface area contributed by atoms with Crippen LogP contribution in [0.1, 0.15) is 45.6 Å². The molecule has 1 aromatic carbocycles. The van der Waals surface area contributed by atoms with Gasteiger partial charge in [-0.2, -0.15) is 0 Å². The van der Waals surface area contributed by atoms with Crippen LogP contribution in [0, 0.1) is 22.7 Å². The van der Waals surface area contributed by atoms with Crippen LogP contribution in [0.2, 0.25) is 0 Å². The van der Waals surface area contributed by atoms with Crippen LogP contribution in [-0.2, 0) is 11.2 Å². The van der Waals surface area contributed by atoms with E-state index < -0.39 is 5.97 Å². The Kier molecular flexibility index (Phi) is 4.96. The average molecular weight is 303 g/mol. The summed E-state index contributed by atoms with van der Waals surface area (Å²) >= 11 is 0. The molecule has 0 bridgehead atoms. The Morgan fingerprint density at radius 2 is 1.91 bits per heavy atom. The lowest BCUT2D eigenvalue weighted by molar-refractivity contribution is -0.139. The third-order valence-electron chi connectivity index (χ3n) is 5.33. The van der Waals surface area contributed by atoms with E-state index in [0.717, 1.165) is 19.3 Å². The number of hydrogen-bond acceptors (Lipinski definition) is 2. The average Bonchev–Trinajstić information content (AvgIpc) is 2.78. The van der Waals surface area contributed by atoms with Gasteiger partial charge in [-0.25, -0.2) is 0 Å². The standard InChI is InChI=1S/C19H29NO2/c1-18(2,3)16-11-19(13-20,12-17(21)22)10-15(16)9-14-7-5-4-6-8-14/h4-8,15-16H,9-13,20H2,1-3H3,(H,21,22). The SMILES string of the molecule is CC(C)(C)C1CC(CN)(CC(=O)O)CC1Cc1ccccc1. The van der Waals surface area contributed by atoms with Crippen LogP contribution in [0.3, 0.4) is 0 Å². The topological polar surface area (TPSA) is 63.3 Å². The molecule has 0 amide bonds. The maximum absolute atomic E-state index is 11.3. The number of carboxylic acids is 1. The second-order valence-electron chi connectivity index (χ2n) is 8.11. The summed E-state index contributed by atoms with van der Waals surface area (Å²) in [6, 6.07) is 10.5. The van der Waals surface area contributed by atoms with Crippen LogP contribution in [0.25, 0.3) is 0 Å². The molecule has 1 saturated carbocycles. The minimum Gasteiger partial charge on any atom is -0.481 e. The van der Waals surface area contributed by atoms with Crippen molar-refractivity contribution in [3.63, 3.8) is 0 Å². The predicted molar refractivity (Wildman–Crippen MR) is 89.6 cm³/mol. The first kappa shape index (κ1) is 17.0. The quantitative estimate of drug-likeness (QED) is 0.871. The molecule has 0 aromatic heterocycles. The molecule has 1 aromatic rings. The van der Waals surface area contributed by atoms with Crippen molar-refractivity contribution >= 4 is 5.97 Å². The van der Waals surface area contributed by atoms with Crippen LogP contribution >= 0.6 is 0 Å². The number of benzene rings is 1. The van der Waals surface area contributed by atoms with Crippen molar-refractivity contribution in [3.8, 4) is 0 Å². The van der Waals surface area contributed by atoms with Gasteiger partial charge in [0.25, 0.3) is 0 Å². The first-order valence-corrected chi connectivity index (χ1v) is 8.21. The summed E-state index contributed by atoms with van der Waals surface area (Å²) in [7, 11) is 0. The van der Waals surface area contributed by atoms with Crippen molar-refractivity contribution in [2.45, 2.75) is 46.5 Å². The second kappa shape index (κ2) is 6.41. The van der Waals surface area contributed by atoms with Gasteiger partial charge >= 0.3 is 5.97 Å². The molecule has 0 spiro atoms. The van der Waals surface area contributed by atoms with E-state index in [1.165, 1.54) is 5.56 Å². The number of hydrogen-bond donors (Lipinski definition) is 2. The summed E-state index contributed by atoms with van der Waals surface area (Å²) in [5.74, 6) is 0.291. The van der Waals surface area contributed by atoms with Crippen LogP contribution in [0.4, 0.5) is 0 Å². The zero-order valence-electron chi connectivity index (χ0n) is 14.0. The summed E-state index contributed by atoms with van der Waals surface area (Å²) in [5, 5.41) is 9.28. The summed E-state index contributed by atoms with van der Waals surface area (Å²) in [6.45, 7) is 7.27. The predicted octanol–water partition coefficient (Wildman–Crippen LogP) is 3.72. The van der Waals surface area contributed by atoms with Gasteiger partial charge in [0.05, 0.1) is 6.42 Å². The lowest BCUT2D eigenvalue weighted by Gasteiger charge is -2.33. The van der Waals surface area contributed by atoms with Crippen molar-refractivity contribution in [2.24, 2.45) is 28.4 Å². The van der Waals surface area contributed by atoms with Gasteiger partial charge < -0.3 is 10.8 Å². The Morgan fingerprint density at radius 1 is 1.27 bits per heavy atom. The molecule has 2 rings (SSSR count). The molecular formula is C19H29NO2. The highest BCUT2D eigenvalue weighted by Gasteiger charge is 2.48. The van der Waals surface area contributed by atoms with Crippen molar-refractivity contribution < 1.29 is 9.90 Å². The van der Waals surface area contributed by atoms with E-state index >= 15 is 0 Å². The molecule has 3 unspecified atom stereocenters. The van der Waals surface area contributed by atoms with Crippen molar-refractivity contribution in [1.82, 2.24) is 0 Å². The molecule has 122 valence electrons. The fourth-order valence-electron chi connectivity index (χ4n) is 4.26. The number of rotatable bonds is 5. The molecule has 3 N–H and O–H groups in total. The van der Waals surface area contributed by atoms with Crippen molar-refractivity contribution in [2.75, 3.05) is 6.54 Å². The highest BCUT2D eigenvalue weighted by atomic mass is 16.4. The third kappa shape index (κ3) is 3.89. The van der Waals surface area contributed by atoms with Crippen molar-refractivity contribution in [1.29, 1.82) is 0 Å². The number of nitrogens with two attached hydrogens (primary N) is 1. The smallest absolute Gasteiger partial charge is 0.303 e. The molecule has 0 radical (unpaired) electrons. The molecule has 0 heterocycles. The van der Waals surface area contributed by atoms with Gasteiger partial charge in [0.15, 0.2) is 0 Å². The Balaban J connectivity index is 2.23. The van der Waals surface area contributed by atoms with E-state index in [-0.39, 0.29) is 17.3 Å². The largest absolute Gasteiger partial charge is 0.481 e. The van der Waals surface area contributed by atoms with E-state index in [1.807, 2.05) is 6.07 Å². The van der Waals surface area contributed by atoms with E-state index in [1.54, 1.807) is 0 Å². The first-order valence-electron chi connectivity index (χ1n) is 8.21. The summed E-state index contributed by atoms with van der Waals surface area (Å²) in [6.07, 6.45) is 3.06. The zero-order chi connectivity index (χ0) is 16.4. The molecule has 0 aliphatic heterocycles. The Hall–Kier alpha value is -1.35. The fourth-order valence-corrected chi connectivity index (χ4v) is 4.26. The molecule has 3 nitrogen and oxygen atoms in total. The normalized spacial score (nSPS) is 28.7. The minimum absolute atomic E-state index is 0.175. The highest BCUT2D eigenvalue weighted by molar-refractivity contribution is 5.67. The van der Waals surface area contributed by atoms with Crippen LogP contribution in [0.15, 0.2) is 30.3 Å². The number of carboxylic acid groups (broad SMARTS) is 1. The van der Waals surface area contributed by atoms with E-state index in [2.05, 4.69) is 45.0 Å². The summed E-state index contributed by atoms with van der Waals surface area (Å²) in [4.78, 5) is 11.3. The van der Waals surface area contributed by atoms with Gasteiger partial charge in [-0.3, -0.25) is 4.79 Å².